The van der Waals surface area contributed by atoms with Crippen molar-refractivity contribution in [3.8, 4) is 0 Å². The van der Waals surface area contributed by atoms with Gasteiger partial charge in [-0.05, 0) is 13.3 Å². The highest BCUT2D eigenvalue weighted by Crippen LogP contribution is 2.14. The highest BCUT2D eigenvalue weighted by atomic mass is 16.5. The molecule has 0 rings (SSSR count). The molecule has 0 aliphatic rings. The van der Waals surface area contributed by atoms with Gasteiger partial charge in [0.05, 0.1) is 12.1 Å². The molecule has 0 aromatic heterocycles. The van der Waals surface area contributed by atoms with Crippen LogP contribution in [-0.4, -0.2) is 31.7 Å². The lowest BCUT2D eigenvalue weighted by molar-refractivity contribution is -0.124. The number of nitrogens with one attached hydrogen (secondary N) is 1. The molecule has 90 valence electrons. The van der Waals surface area contributed by atoms with Crippen LogP contribution >= 0.6 is 0 Å². The second-order valence-corrected chi connectivity index (χ2v) is 4.07. The molecule has 1 unspecified atom stereocenters. The average molecular weight is 216 g/mol. The predicted octanol–water partition coefficient (Wildman–Crippen LogP) is 1.05. The van der Waals surface area contributed by atoms with Crippen molar-refractivity contribution in [2.24, 2.45) is 5.73 Å². The fourth-order valence-corrected chi connectivity index (χ4v) is 1.46. The normalized spacial score (nSPS) is 14.9. The molecule has 3 N–H and O–H groups in total. The zero-order chi connectivity index (χ0) is 11.7. The molecule has 1 atom stereocenters. The quantitative estimate of drug-likeness (QED) is 0.566. The van der Waals surface area contributed by atoms with Crippen LogP contribution in [0.2, 0.25) is 0 Å². The summed E-state index contributed by atoms with van der Waals surface area (Å²) < 4.78 is 4.93. The monoisotopic (exact) mass is 216 g/mol. The Morgan fingerprint density at radius 2 is 2.13 bits per heavy atom. The Bertz CT molecular complexity index is 173. The summed E-state index contributed by atoms with van der Waals surface area (Å²) in [7, 11) is 1.64. The lowest BCUT2D eigenvalue weighted by atomic mass is 9.93. The molecule has 0 saturated carbocycles. The summed E-state index contributed by atoms with van der Waals surface area (Å²) in [5.41, 5.74) is 4.80. The SMILES string of the molecule is CCCCCC(C)(NCCOC)C(N)=O. The maximum atomic E-state index is 11.3. The molecule has 4 nitrogen and oxygen atoms in total. The molecule has 0 aliphatic heterocycles. The number of methoxy groups -OCH3 is 1. The van der Waals surface area contributed by atoms with Crippen molar-refractivity contribution in [1.29, 1.82) is 0 Å². The highest BCUT2D eigenvalue weighted by Gasteiger charge is 2.29. The van der Waals surface area contributed by atoms with Crippen LogP contribution in [-0.2, 0) is 9.53 Å². The van der Waals surface area contributed by atoms with Gasteiger partial charge in [0.15, 0.2) is 0 Å². The number of primary amides is 1. The van der Waals surface area contributed by atoms with E-state index in [0.29, 0.717) is 13.2 Å². The standard InChI is InChI=1S/C11H24N2O2/c1-4-5-6-7-11(2,10(12)14)13-8-9-15-3/h13H,4-9H2,1-3H3,(H2,12,14). The Morgan fingerprint density at radius 3 is 2.60 bits per heavy atom. The van der Waals surface area contributed by atoms with Crippen LogP contribution in [0.5, 0.6) is 0 Å². The third-order valence-electron chi connectivity index (χ3n) is 2.65. The second kappa shape index (κ2) is 7.65. The third-order valence-corrected chi connectivity index (χ3v) is 2.65. The van der Waals surface area contributed by atoms with Gasteiger partial charge in [0.25, 0.3) is 0 Å². The van der Waals surface area contributed by atoms with E-state index in [4.69, 9.17) is 10.5 Å². The summed E-state index contributed by atoms with van der Waals surface area (Å²) in [6.45, 7) is 5.25. The van der Waals surface area contributed by atoms with Gasteiger partial charge in [-0.2, -0.15) is 0 Å². The van der Waals surface area contributed by atoms with E-state index >= 15 is 0 Å². The summed E-state index contributed by atoms with van der Waals surface area (Å²) in [6, 6.07) is 0. The zero-order valence-corrected chi connectivity index (χ0v) is 10.1. The summed E-state index contributed by atoms with van der Waals surface area (Å²) >= 11 is 0. The van der Waals surface area contributed by atoms with E-state index in [1.54, 1.807) is 7.11 Å². The van der Waals surface area contributed by atoms with E-state index in [-0.39, 0.29) is 5.91 Å². The van der Waals surface area contributed by atoms with E-state index in [2.05, 4.69) is 12.2 Å². The molecule has 0 spiro atoms. The number of amides is 1. The van der Waals surface area contributed by atoms with Gasteiger partial charge in [-0.3, -0.25) is 4.79 Å². The molecular weight excluding hydrogens is 192 g/mol. The minimum absolute atomic E-state index is 0.283. The first-order chi connectivity index (χ1) is 7.06. The molecular formula is C11H24N2O2. The largest absolute Gasteiger partial charge is 0.383 e. The van der Waals surface area contributed by atoms with E-state index in [1.807, 2.05) is 6.92 Å². The van der Waals surface area contributed by atoms with Crippen molar-refractivity contribution in [2.45, 2.75) is 45.1 Å². The molecule has 1 amide bonds. The number of rotatable bonds is 9. The number of unbranched alkanes of at least 4 members (excludes halogenated alkanes) is 2. The number of ether oxygens (including phenoxy) is 1. The fraction of sp³-hybridized carbons (Fsp3) is 0.909. The Labute approximate surface area is 92.6 Å². The van der Waals surface area contributed by atoms with Gasteiger partial charge in [0.1, 0.15) is 0 Å². The molecule has 0 saturated heterocycles. The summed E-state index contributed by atoms with van der Waals surface area (Å²) in [4.78, 5) is 11.3. The number of hydrogen-bond acceptors (Lipinski definition) is 3. The first kappa shape index (κ1) is 14.4. The minimum Gasteiger partial charge on any atom is -0.383 e. The lowest BCUT2D eigenvalue weighted by Gasteiger charge is -2.27. The number of hydrogen-bond donors (Lipinski definition) is 2. The molecule has 0 radical (unpaired) electrons. The Kier molecular flexibility index (Phi) is 7.34. The number of carbonyl (C=O) groups excluding carboxylic acids is 1. The summed E-state index contributed by atoms with van der Waals surface area (Å²) in [6.07, 6.45) is 4.09. The van der Waals surface area contributed by atoms with Gasteiger partial charge < -0.3 is 15.8 Å². The predicted molar refractivity (Wildman–Crippen MR) is 61.6 cm³/mol. The maximum Gasteiger partial charge on any atom is 0.237 e. The van der Waals surface area contributed by atoms with Crippen molar-refractivity contribution in [3.05, 3.63) is 0 Å². The average Bonchev–Trinajstić information content (AvgIpc) is 2.18. The molecule has 0 aromatic rings. The first-order valence-electron chi connectivity index (χ1n) is 5.60. The van der Waals surface area contributed by atoms with Gasteiger partial charge in [-0.25, -0.2) is 0 Å². The van der Waals surface area contributed by atoms with Gasteiger partial charge in [-0.15, -0.1) is 0 Å². The minimum atomic E-state index is -0.590. The van der Waals surface area contributed by atoms with Crippen LogP contribution in [0.15, 0.2) is 0 Å². The van der Waals surface area contributed by atoms with Gasteiger partial charge in [0.2, 0.25) is 5.91 Å². The van der Waals surface area contributed by atoms with Crippen LogP contribution in [0.3, 0.4) is 0 Å². The number of carbonyl (C=O) groups is 1. The van der Waals surface area contributed by atoms with Crippen molar-refractivity contribution in [2.75, 3.05) is 20.3 Å². The van der Waals surface area contributed by atoms with Crippen LogP contribution in [0.1, 0.15) is 39.5 Å². The van der Waals surface area contributed by atoms with E-state index < -0.39 is 5.54 Å². The Hall–Kier alpha value is -0.610. The van der Waals surface area contributed by atoms with Gasteiger partial charge in [0, 0.05) is 13.7 Å². The Morgan fingerprint density at radius 1 is 1.47 bits per heavy atom. The number of nitrogens with two attached hydrogens (primary N) is 1. The molecule has 0 bridgehead atoms. The second-order valence-electron chi connectivity index (χ2n) is 4.07. The van der Waals surface area contributed by atoms with Crippen molar-refractivity contribution >= 4 is 5.91 Å². The molecule has 4 heteroatoms. The van der Waals surface area contributed by atoms with E-state index in [9.17, 15) is 4.79 Å². The molecule has 0 heterocycles. The van der Waals surface area contributed by atoms with Gasteiger partial charge in [-0.1, -0.05) is 26.2 Å². The first-order valence-corrected chi connectivity index (χ1v) is 5.60. The zero-order valence-electron chi connectivity index (χ0n) is 10.1. The molecule has 0 fully saturated rings. The van der Waals surface area contributed by atoms with Crippen LogP contribution < -0.4 is 11.1 Å². The van der Waals surface area contributed by atoms with E-state index in [1.165, 1.54) is 0 Å². The summed E-state index contributed by atoms with van der Waals surface area (Å²) in [5, 5.41) is 3.16. The van der Waals surface area contributed by atoms with Crippen LogP contribution in [0.4, 0.5) is 0 Å². The van der Waals surface area contributed by atoms with Crippen molar-refractivity contribution < 1.29 is 9.53 Å². The molecule has 0 aliphatic carbocycles. The van der Waals surface area contributed by atoms with Crippen LogP contribution in [0, 0.1) is 0 Å². The topological polar surface area (TPSA) is 64.3 Å². The van der Waals surface area contributed by atoms with Crippen LogP contribution in [0.25, 0.3) is 0 Å². The molecule has 15 heavy (non-hydrogen) atoms. The van der Waals surface area contributed by atoms with Crippen molar-refractivity contribution in [1.82, 2.24) is 5.32 Å². The van der Waals surface area contributed by atoms with E-state index in [0.717, 1.165) is 25.7 Å². The smallest absolute Gasteiger partial charge is 0.237 e. The lowest BCUT2D eigenvalue weighted by Crippen LogP contribution is -2.53. The summed E-state index contributed by atoms with van der Waals surface area (Å²) in [5.74, 6) is -0.283. The third kappa shape index (κ3) is 5.74. The van der Waals surface area contributed by atoms with Gasteiger partial charge >= 0.3 is 0 Å². The van der Waals surface area contributed by atoms with Crippen molar-refractivity contribution in [3.63, 3.8) is 0 Å². The fourth-order valence-electron chi connectivity index (χ4n) is 1.46. The maximum absolute atomic E-state index is 11.3. The molecule has 0 aromatic carbocycles. The highest BCUT2D eigenvalue weighted by molar-refractivity contribution is 5.84. The Balaban J connectivity index is 4.01.